The van der Waals surface area contributed by atoms with Crippen LogP contribution in [0.4, 0.5) is 0 Å². The molecule has 22 heavy (non-hydrogen) atoms. The van der Waals surface area contributed by atoms with Gasteiger partial charge in [-0.2, -0.15) is 0 Å². The van der Waals surface area contributed by atoms with Crippen LogP contribution in [0.15, 0.2) is 33.5 Å². The fourth-order valence-electron chi connectivity index (χ4n) is 2.95. The third-order valence-electron chi connectivity index (χ3n) is 4.21. The van der Waals surface area contributed by atoms with Gasteiger partial charge in [0.2, 0.25) is 0 Å². The molecule has 0 saturated carbocycles. The first-order chi connectivity index (χ1) is 10.7. The third kappa shape index (κ3) is 3.20. The Kier molecular flexibility index (Phi) is 4.84. The van der Waals surface area contributed by atoms with E-state index in [9.17, 15) is 4.79 Å². The van der Waals surface area contributed by atoms with Gasteiger partial charge in [0.1, 0.15) is 5.75 Å². The molecule has 1 aromatic carbocycles. The quantitative estimate of drug-likeness (QED) is 0.836. The van der Waals surface area contributed by atoms with Crippen LogP contribution in [0, 0.1) is 6.42 Å². The Bertz CT molecular complexity index is 720. The molecule has 2 heterocycles. The highest BCUT2D eigenvalue weighted by atomic mass is 79.9. The van der Waals surface area contributed by atoms with E-state index >= 15 is 0 Å². The number of ether oxygens (including phenoxy) is 1. The SMILES string of the molecule is COc1cc(Br)c2ccc(=O)n(CCN3CC[CH]CC3)c2c1. The predicted octanol–water partition coefficient (Wildman–Crippen LogP) is 3.07. The molecule has 1 radical (unpaired) electrons. The number of hydrogen-bond donors (Lipinski definition) is 0. The van der Waals surface area contributed by atoms with Crippen molar-refractivity contribution in [3.05, 3.63) is 45.5 Å². The molecule has 1 aliphatic rings. The van der Waals surface area contributed by atoms with Crippen molar-refractivity contribution in [3.63, 3.8) is 0 Å². The average Bonchev–Trinajstić information content (AvgIpc) is 2.54. The maximum Gasteiger partial charge on any atom is 0.251 e. The van der Waals surface area contributed by atoms with Gasteiger partial charge in [-0.05, 0) is 60.4 Å². The topological polar surface area (TPSA) is 34.5 Å². The summed E-state index contributed by atoms with van der Waals surface area (Å²) in [4.78, 5) is 14.7. The van der Waals surface area contributed by atoms with Crippen LogP contribution in [0.1, 0.15) is 12.8 Å². The van der Waals surface area contributed by atoms with Gasteiger partial charge >= 0.3 is 0 Å². The standard InChI is InChI=1S/C17H20BrN2O2/c1-22-13-11-15(18)14-5-6-17(21)20(16(14)12-13)10-9-19-7-3-2-4-8-19/h2,5-6,11-12H,3-4,7-10H2,1H3. The first-order valence-corrected chi connectivity index (χ1v) is 8.39. The van der Waals surface area contributed by atoms with E-state index in [0.717, 1.165) is 53.6 Å². The molecule has 117 valence electrons. The summed E-state index contributed by atoms with van der Waals surface area (Å²) in [5.41, 5.74) is 0.957. The Morgan fingerprint density at radius 1 is 1.18 bits per heavy atom. The molecule has 1 fully saturated rings. The van der Waals surface area contributed by atoms with Crippen molar-refractivity contribution in [3.8, 4) is 5.75 Å². The number of hydrogen-bond acceptors (Lipinski definition) is 3. The normalized spacial score (nSPS) is 16.1. The van der Waals surface area contributed by atoms with Gasteiger partial charge < -0.3 is 14.2 Å². The Labute approximate surface area is 138 Å². The van der Waals surface area contributed by atoms with Crippen LogP contribution >= 0.6 is 15.9 Å². The number of piperidine rings is 1. The molecular weight excluding hydrogens is 344 g/mol. The molecule has 0 aliphatic carbocycles. The fourth-order valence-corrected chi connectivity index (χ4v) is 3.51. The zero-order valence-electron chi connectivity index (χ0n) is 12.7. The number of halogens is 1. The van der Waals surface area contributed by atoms with E-state index in [0.29, 0.717) is 6.54 Å². The number of benzene rings is 1. The summed E-state index contributed by atoms with van der Waals surface area (Å²) in [6.07, 6.45) is 4.62. The third-order valence-corrected chi connectivity index (χ3v) is 4.86. The summed E-state index contributed by atoms with van der Waals surface area (Å²) in [7, 11) is 1.64. The average molecular weight is 364 g/mol. The molecule has 0 atom stereocenters. The molecule has 0 spiro atoms. The Morgan fingerprint density at radius 3 is 2.68 bits per heavy atom. The van der Waals surface area contributed by atoms with E-state index < -0.39 is 0 Å². The van der Waals surface area contributed by atoms with Crippen LogP contribution in [0.25, 0.3) is 10.9 Å². The van der Waals surface area contributed by atoms with Crippen LogP contribution in [0.3, 0.4) is 0 Å². The van der Waals surface area contributed by atoms with Gasteiger partial charge in [0, 0.05) is 35.1 Å². The molecule has 4 nitrogen and oxygen atoms in total. The van der Waals surface area contributed by atoms with Crippen LogP contribution in [-0.2, 0) is 6.54 Å². The van der Waals surface area contributed by atoms with Crippen LogP contribution < -0.4 is 10.3 Å². The van der Waals surface area contributed by atoms with E-state index in [-0.39, 0.29) is 5.56 Å². The molecule has 0 unspecified atom stereocenters. The lowest BCUT2D eigenvalue weighted by molar-refractivity contribution is 0.244. The van der Waals surface area contributed by atoms with E-state index in [1.54, 1.807) is 13.2 Å². The molecule has 1 aliphatic heterocycles. The van der Waals surface area contributed by atoms with Crippen molar-refractivity contribution in [2.75, 3.05) is 26.7 Å². The number of nitrogens with zero attached hydrogens (tertiary/aromatic N) is 2. The Hall–Kier alpha value is -1.33. The smallest absolute Gasteiger partial charge is 0.251 e. The van der Waals surface area contributed by atoms with E-state index in [1.807, 2.05) is 22.8 Å². The Morgan fingerprint density at radius 2 is 1.95 bits per heavy atom. The highest BCUT2D eigenvalue weighted by Gasteiger charge is 2.12. The summed E-state index contributed by atoms with van der Waals surface area (Å²) in [6.45, 7) is 3.79. The van der Waals surface area contributed by atoms with Crippen molar-refractivity contribution >= 4 is 26.8 Å². The van der Waals surface area contributed by atoms with Gasteiger partial charge in [-0.25, -0.2) is 0 Å². The predicted molar refractivity (Wildman–Crippen MR) is 92.4 cm³/mol. The van der Waals surface area contributed by atoms with E-state index in [4.69, 9.17) is 4.74 Å². The second kappa shape index (κ2) is 6.84. The molecule has 5 heteroatoms. The summed E-state index contributed by atoms with van der Waals surface area (Å²) >= 11 is 3.57. The minimum absolute atomic E-state index is 0.0382. The zero-order valence-corrected chi connectivity index (χ0v) is 14.3. The first kappa shape index (κ1) is 15.6. The lowest BCUT2D eigenvalue weighted by atomic mass is 10.1. The number of aromatic nitrogens is 1. The number of likely N-dealkylation sites (tertiary alicyclic amines) is 1. The molecule has 0 amide bonds. The number of rotatable bonds is 4. The second-order valence-corrected chi connectivity index (χ2v) is 6.43. The molecule has 1 aromatic heterocycles. The molecular formula is C17H20BrN2O2. The van der Waals surface area contributed by atoms with Crippen LogP contribution in [-0.4, -0.2) is 36.2 Å². The minimum Gasteiger partial charge on any atom is -0.497 e. The van der Waals surface area contributed by atoms with E-state index in [1.165, 1.54) is 0 Å². The lowest BCUT2D eigenvalue weighted by Crippen LogP contribution is -2.34. The Balaban J connectivity index is 1.94. The fraction of sp³-hybridized carbons (Fsp3) is 0.412. The largest absolute Gasteiger partial charge is 0.497 e. The molecule has 2 aromatic rings. The summed E-state index contributed by atoms with van der Waals surface area (Å²) in [6, 6.07) is 7.38. The van der Waals surface area contributed by atoms with Crippen molar-refractivity contribution in [2.45, 2.75) is 19.4 Å². The molecule has 3 rings (SSSR count). The molecule has 0 N–H and O–H groups in total. The molecule has 0 bridgehead atoms. The summed E-state index contributed by atoms with van der Waals surface area (Å²) < 4.78 is 8.13. The minimum atomic E-state index is 0.0382. The van der Waals surface area contributed by atoms with E-state index in [2.05, 4.69) is 27.3 Å². The maximum atomic E-state index is 12.3. The summed E-state index contributed by atoms with van der Waals surface area (Å²) in [5.74, 6) is 0.756. The zero-order chi connectivity index (χ0) is 15.5. The van der Waals surface area contributed by atoms with Crippen LogP contribution in [0.5, 0.6) is 5.75 Å². The van der Waals surface area contributed by atoms with Crippen molar-refractivity contribution < 1.29 is 4.74 Å². The van der Waals surface area contributed by atoms with Crippen molar-refractivity contribution in [1.82, 2.24) is 9.47 Å². The monoisotopic (exact) mass is 363 g/mol. The summed E-state index contributed by atoms with van der Waals surface area (Å²) in [5, 5.41) is 1.03. The van der Waals surface area contributed by atoms with Crippen LogP contribution in [0.2, 0.25) is 0 Å². The van der Waals surface area contributed by atoms with Crippen molar-refractivity contribution in [2.24, 2.45) is 0 Å². The van der Waals surface area contributed by atoms with Gasteiger partial charge in [-0.1, -0.05) is 0 Å². The number of fused-ring (bicyclic) bond motifs is 1. The highest BCUT2D eigenvalue weighted by Crippen LogP contribution is 2.28. The first-order valence-electron chi connectivity index (χ1n) is 7.60. The van der Waals surface area contributed by atoms with Crippen molar-refractivity contribution in [1.29, 1.82) is 0 Å². The second-order valence-electron chi connectivity index (χ2n) is 5.57. The molecule has 1 saturated heterocycles. The van der Waals surface area contributed by atoms with Gasteiger partial charge in [0.15, 0.2) is 0 Å². The van der Waals surface area contributed by atoms with Gasteiger partial charge in [-0.15, -0.1) is 0 Å². The lowest BCUT2D eigenvalue weighted by Gasteiger charge is -2.26. The number of methoxy groups -OCH3 is 1. The van der Waals surface area contributed by atoms with Gasteiger partial charge in [-0.3, -0.25) is 4.79 Å². The van der Waals surface area contributed by atoms with Gasteiger partial charge in [0.25, 0.3) is 5.56 Å². The highest BCUT2D eigenvalue weighted by molar-refractivity contribution is 9.10. The van der Waals surface area contributed by atoms with Gasteiger partial charge in [0.05, 0.1) is 12.6 Å². The number of pyridine rings is 1. The maximum absolute atomic E-state index is 12.3.